The van der Waals surface area contributed by atoms with Gasteiger partial charge in [-0.25, -0.2) is 9.97 Å². The monoisotopic (exact) mass is 327 g/mol. The highest BCUT2D eigenvalue weighted by atomic mass is 35.5. The van der Waals surface area contributed by atoms with Gasteiger partial charge in [0.15, 0.2) is 5.65 Å². The molecular formula is C15H19Cl2N3O. The maximum absolute atomic E-state index is 10.9. The number of hydrogen-bond acceptors (Lipinski definition) is 3. The molecule has 0 aromatic carbocycles. The largest absolute Gasteiger partial charge is 0.312 e. The van der Waals surface area contributed by atoms with Crippen LogP contribution in [0.5, 0.6) is 0 Å². The van der Waals surface area contributed by atoms with Gasteiger partial charge in [-0.3, -0.25) is 0 Å². The molecule has 3 rings (SSSR count). The molecule has 0 spiro atoms. The van der Waals surface area contributed by atoms with E-state index in [-0.39, 0.29) is 12.0 Å². The molecule has 0 saturated heterocycles. The number of aromatic nitrogens is 3. The maximum atomic E-state index is 10.9. The molecule has 0 radical (unpaired) electrons. The lowest BCUT2D eigenvalue weighted by atomic mass is 10.1. The summed E-state index contributed by atoms with van der Waals surface area (Å²) in [4.78, 5) is 19.6. The first kappa shape index (κ1) is 16.2. The molecule has 4 nitrogen and oxygen atoms in total. The van der Waals surface area contributed by atoms with Gasteiger partial charge in [0.2, 0.25) is 0 Å². The van der Waals surface area contributed by atoms with Gasteiger partial charge >= 0.3 is 0 Å². The zero-order valence-electron chi connectivity index (χ0n) is 12.4. The van der Waals surface area contributed by atoms with E-state index in [0.717, 1.165) is 31.1 Å². The second-order valence-electron chi connectivity index (χ2n) is 5.03. The topological polar surface area (TPSA) is 47.8 Å². The molecule has 2 atom stereocenters. The fourth-order valence-electron chi connectivity index (χ4n) is 2.70. The molecule has 21 heavy (non-hydrogen) atoms. The smallest absolute Gasteiger partial charge is 0.163 e. The van der Waals surface area contributed by atoms with Crippen LogP contribution in [0.1, 0.15) is 44.7 Å². The molecule has 0 N–H and O–H groups in total. The summed E-state index contributed by atoms with van der Waals surface area (Å²) < 4.78 is 2.00. The van der Waals surface area contributed by atoms with E-state index in [1.54, 1.807) is 6.33 Å². The van der Waals surface area contributed by atoms with E-state index in [1.807, 2.05) is 25.3 Å². The summed E-state index contributed by atoms with van der Waals surface area (Å²) in [6.07, 6.45) is 5.49. The van der Waals surface area contributed by atoms with Crippen LogP contribution in [0.4, 0.5) is 0 Å². The third-order valence-electron chi connectivity index (χ3n) is 3.85. The van der Waals surface area contributed by atoms with Gasteiger partial charge in [0.25, 0.3) is 0 Å². The van der Waals surface area contributed by atoms with Crippen LogP contribution in [0, 0.1) is 12.8 Å². The number of halogens is 2. The fourth-order valence-corrected chi connectivity index (χ4v) is 3.15. The number of pyridine rings is 1. The van der Waals surface area contributed by atoms with Crippen molar-refractivity contribution in [2.75, 3.05) is 0 Å². The number of imidazole rings is 1. The highest BCUT2D eigenvalue weighted by Crippen LogP contribution is 2.37. The molecule has 1 aliphatic carbocycles. The van der Waals surface area contributed by atoms with Gasteiger partial charge in [-0.1, -0.05) is 37.0 Å². The van der Waals surface area contributed by atoms with Crippen molar-refractivity contribution in [3.05, 3.63) is 22.1 Å². The zero-order chi connectivity index (χ0) is 15.6. The Morgan fingerprint density at radius 1 is 1.33 bits per heavy atom. The molecular weight excluding hydrogens is 309 g/mol. The van der Waals surface area contributed by atoms with Crippen molar-refractivity contribution in [2.45, 2.75) is 46.1 Å². The van der Waals surface area contributed by atoms with Gasteiger partial charge in [0, 0.05) is 17.5 Å². The van der Waals surface area contributed by atoms with Crippen LogP contribution in [0.25, 0.3) is 11.2 Å². The number of aldehydes is 1. The quantitative estimate of drug-likeness (QED) is 0.597. The third kappa shape index (κ3) is 2.92. The number of rotatable bonds is 2. The lowest BCUT2D eigenvalue weighted by molar-refractivity contribution is -0.110. The van der Waals surface area contributed by atoms with E-state index in [4.69, 9.17) is 23.2 Å². The Bertz CT molecular complexity index is 654. The first-order valence-electron chi connectivity index (χ1n) is 7.25. The van der Waals surface area contributed by atoms with E-state index in [2.05, 4.69) is 9.97 Å². The Morgan fingerprint density at radius 2 is 2.05 bits per heavy atom. The average molecular weight is 328 g/mol. The Balaban J connectivity index is 0.000000774. The molecule has 1 fully saturated rings. The number of carbonyl (C=O) groups excluding carboxylic acids is 1. The van der Waals surface area contributed by atoms with Gasteiger partial charge < -0.3 is 9.36 Å². The maximum Gasteiger partial charge on any atom is 0.163 e. The molecule has 0 aliphatic heterocycles. The summed E-state index contributed by atoms with van der Waals surface area (Å²) in [6.45, 7) is 5.83. The molecule has 0 bridgehead atoms. The summed E-state index contributed by atoms with van der Waals surface area (Å²) in [5, 5.41) is 0.961. The standard InChI is InChI=1S/C13H13Cl2N3O.C2H6/c1-7-10(14)11-13(17-12(7)15)18(6-16-11)9-3-2-8(4-9)5-19;1-2/h5-6,8-9H,2-4H2,1H3;1-2H3/t8?,9-;/m0./s1. The minimum Gasteiger partial charge on any atom is -0.312 e. The third-order valence-corrected chi connectivity index (χ3v) is 4.68. The lowest BCUT2D eigenvalue weighted by Gasteiger charge is -2.12. The predicted molar refractivity (Wildman–Crippen MR) is 86.1 cm³/mol. The molecule has 0 amide bonds. The second kappa shape index (κ2) is 6.75. The molecule has 2 heterocycles. The Labute approximate surface area is 134 Å². The van der Waals surface area contributed by atoms with Crippen molar-refractivity contribution in [3.8, 4) is 0 Å². The van der Waals surface area contributed by atoms with Gasteiger partial charge in [0.1, 0.15) is 17.0 Å². The van der Waals surface area contributed by atoms with E-state index >= 15 is 0 Å². The van der Waals surface area contributed by atoms with Gasteiger partial charge in [0.05, 0.1) is 11.3 Å². The Kier molecular flexibility index (Phi) is 5.22. The van der Waals surface area contributed by atoms with Crippen molar-refractivity contribution in [2.24, 2.45) is 5.92 Å². The fraction of sp³-hybridized carbons (Fsp3) is 0.533. The van der Waals surface area contributed by atoms with E-state index in [1.165, 1.54) is 0 Å². The summed E-state index contributed by atoms with van der Waals surface area (Å²) >= 11 is 12.3. The van der Waals surface area contributed by atoms with E-state index < -0.39 is 0 Å². The molecule has 6 heteroatoms. The van der Waals surface area contributed by atoms with Gasteiger partial charge in [-0.05, 0) is 26.2 Å². The highest BCUT2D eigenvalue weighted by Gasteiger charge is 2.27. The number of fused-ring (bicyclic) bond motifs is 1. The van der Waals surface area contributed by atoms with Crippen LogP contribution in [0.2, 0.25) is 10.2 Å². The van der Waals surface area contributed by atoms with Crippen molar-refractivity contribution >= 4 is 40.7 Å². The van der Waals surface area contributed by atoms with Crippen molar-refractivity contribution < 1.29 is 4.79 Å². The lowest BCUT2D eigenvalue weighted by Crippen LogP contribution is -2.06. The van der Waals surface area contributed by atoms with Crippen LogP contribution in [0.15, 0.2) is 6.33 Å². The highest BCUT2D eigenvalue weighted by molar-refractivity contribution is 6.38. The Morgan fingerprint density at radius 3 is 2.67 bits per heavy atom. The first-order chi connectivity index (χ1) is 10.1. The van der Waals surface area contributed by atoms with E-state index in [0.29, 0.717) is 21.3 Å². The summed E-state index contributed by atoms with van der Waals surface area (Å²) in [5.74, 6) is 0.138. The summed E-state index contributed by atoms with van der Waals surface area (Å²) in [5.41, 5.74) is 2.13. The number of hydrogen-bond donors (Lipinski definition) is 0. The Hall–Kier alpha value is -1.13. The van der Waals surface area contributed by atoms with Crippen LogP contribution in [-0.4, -0.2) is 20.8 Å². The van der Waals surface area contributed by atoms with Crippen LogP contribution in [0.3, 0.4) is 0 Å². The van der Waals surface area contributed by atoms with Crippen molar-refractivity contribution in [3.63, 3.8) is 0 Å². The van der Waals surface area contributed by atoms with Gasteiger partial charge in [-0.2, -0.15) is 0 Å². The first-order valence-corrected chi connectivity index (χ1v) is 8.00. The van der Waals surface area contributed by atoms with Crippen LogP contribution >= 0.6 is 23.2 Å². The molecule has 2 aromatic heterocycles. The minimum atomic E-state index is 0.138. The second-order valence-corrected chi connectivity index (χ2v) is 5.76. The zero-order valence-corrected chi connectivity index (χ0v) is 13.9. The minimum absolute atomic E-state index is 0.138. The SMILES string of the molecule is CC.Cc1c(Cl)nc2c(ncn2[C@H]2CCC(C=O)C2)c1Cl. The predicted octanol–water partition coefficient (Wildman–Crippen LogP) is 4.61. The molecule has 1 unspecified atom stereocenters. The van der Waals surface area contributed by atoms with Crippen LogP contribution in [-0.2, 0) is 4.79 Å². The number of carbonyl (C=O) groups is 1. The van der Waals surface area contributed by atoms with Crippen LogP contribution < -0.4 is 0 Å². The molecule has 2 aromatic rings. The average Bonchev–Trinajstić information content (AvgIpc) is 3.13. The normalized spacial score (nSPS) is 21.2. The molecule has 1 aliphatic rings. The summed E-state index contributed by atoms with van der Waals surface area (Å²) in [6, 6.07) is 0.252. The number of nitrogens with zero attached hydrogens (tertiary/aromatic N) is 3. The van der Waals surface area contributed by atoms with E-state index in [9.17, 15) is 4.79 Å². The van der Waals surface area contributed by atoms with Crippen molar-refractivity contribution in [1.29, 1.82) is 0 Å². The summed E-state index contributed by atoms with van der Waals surface area (Å²) in [7, 11) is 0. The molecule has 1 saturated carbocycles. The molecule has 114 valence electrons. The van der Waals surface area contributed by atoms with Crippen molar-refractivity contribution in [1.82, 2.24) is 14.5 Å². The van der Waals surface area contributed by atoms with Gasteiger partial charge in [-0.15, -0.1) is 0 Å².